The molecule has 1 N–H and O–H groups in total. The molecule has 0 saturated heterocycles. The first-order valence-electron chi connectivity index (χ1n) is 5.66. The zero-order valence-electron chi connectivity index (χ0n) is 9.53. The van der Waals surface area contributed by atoms with Crippen molar-refractivity contribution in [3.05, 3.63) is 34.9 Å². The number of fused-ring (bicyclic) bond motifs is 1. The molecule has 1 heterocycles. The van der Waals surface area contributed by atoms with E-state index in [2.05, 4.69) is 37.1 Å². The van der Waals surface area contributed by atoms with Gasteiger partial charge in [-0.1, -0.05) is 25.1 Å². The number of nitrogens with zero attached hydrogens (tertiary/aromatic N) is 1. The van der Waals surface area contributed by atoms with Crippen LogP contribution >= 0.6 is 0 Å². The Morgan fingerprint density at radius 3 is 2.87 bits per heavy atom. The second-order valence-corrected chi connectivity index (χ2v) is 4.41. The summed E-state index contributed by atoms with van der Waals surface area (Å²) in [7, 11) is 2.08. The fourth-order valence-corrected chi connectivity index (χ4v) is 2.25. The van der Waals surface area contributed by atoms with Gasteiger partial charge < -0.3 is 5.11 Å². The average molecular weight is 205 g/mol. The summed E-state index contributed by atoms with van der Waals surface area (Å²) in [6.07, 6.45) is 2.07. The van der Waals surface area contributed by atoms with E-state index in [0.717, 1.165) is 19.4 Å². The Balaban J connectivity index is 2.29. The summed E-state index contributed by atoms with van der Waals surface area (Å²) < 4.78 is 0. The molecule has 2 rings (SSSR count). The molecule has 0 aromatic heterocycles. The lowest BCUT2D eigenvalue weighted by Crippen LogP contribution is -2.39. The summed E-state index contributed by atoms with van der Waals surface area (Å²) in [5.41, 5.74) is 4.24. The van der Waals surface area contributed by atoms with Gasteiger partial charge in [0, 0.05) is 12.6 Å². The topological polar surface area (TPSA) is 23.5 Å². The van der Waals surface area contributed by atoms with E-state index < -0.39 is 0 Å². The first-order valence-corrected chi connectivity index (χ1v) is 5.66. The van der Waals surface area contributed by atoms with Crippen LogP contribution in [0.5, 0.6) is 0 Å². The minimum absolute atomic E-state index is 0.256. The predicted molar refractivity (Wildman–Crippen MR) is 61.9 cm³/mol. The molecule has 1 atom stereocenters. The highest BCUT2D eigenvalue weighted by molar-refractivity contribution is 5.34. The highest BCUT2D eigenvalue weighted by Crippen LogP contribution is 2.23. The molecule has 2 nitrogen and oxygen atoms in total. The van der Waals surface area contributed by atoms with Gasteiger partial charge in [-0.15, -0.1) is 0 Å². The van der Waals surface area contributed by atoms with E-state index in [-0.39, 0.29) is 6.61 Å². The Hall–Kier alpha value is -0.860. The molecule has 0 radical (unpaired) electrons. The quantitative estimate of drug-likeness (QED) is 0.792. The minimum Gasteiger partial charge on any atom is -0.395 e. The number of likely N-dealkylation sites (N-methyl/N-ethyl adjacent to an activating group) is 1. The lowest BCUT2D eigenvalue weighted by molar-refractivity contribution is 0.131. The first kappa shape index (κ1) is 10.7. The Morgan fingerprint density at radius 2 is 2.20 bits per heavy atom. The van der Waals surface area contributed by atoms with Gasteiger partial charge in [0.2, 0.25) is 0 Å². The van der Waals surface area contributed by atoms with Crippen LogP contribution in [0.1, 0.15) is 23.6 Å². The van der Waals surface area contributed by atoms with Gasteiger partial charge >= 0.3 is 0 Å². The van der Waals surface area contributed by atoms with Gasteiger partial charge in [0.1, 0.15) is 0 Å². The molecule has 0 saturated carbocycles. The van der Waals surface area contributed by atoms with E-state index >= 15 is 0 Å². The van der Waals surface area contributed by atoms with E-state index in [1.807, 2.05) is 0 Å². The average Bonchev–Trinajstić information content (AvgIpc) is 2.27. The molecule has 1 aliphatic rings. The van der Waals surface area contributed by atoms with Crippen LogP contribution in [0.2, 0.25) is 0 Å². The number of aryl methyl sites for hydroxylation is 1. The van der Waals surface area contributed by atoms with E-state index in [4.69, 9.17) is 0 Å². The summed E-state index contributed by atoms with van der Waals surface area (Å²) in [5.74, 6) is 0. The van der Waals surface area contributed by atoms with Crippen LogP contribution in [0, 0.1) is 0 Å². The smallest absolute Gasteiger partial charge is 0.0590 e. The summed E-state index contributed by atoms with van der Waals surface area (Å²) in [6, 6.07) is 7.04. The van der Waals surface area contributed by atoms with Crippen molar-refractivity contribution >= 4 is 0 Å². The molecule has 1 aromatic rings. The molecular formula is C13H19NO. The van der Waals surface area contributed by atoms with Crippen LogP contribution in [-0.4, -0.2) is 29.7 Å². The maximum atomic E-state index is 9.27. The standard InChI is InChI=1S/C13H19NO/c1-3-10-4-5-11-8-14(2)13(9-15)7-12(11)6-10/h4-6,13,15H,3,7-9H2,1-2H3. The van der Waals surface area contributed by atoms with Crippen molar-refractivity contribution in [2.45, 2.75) is 32.4 Å². The Kier molecular flexibility index (Phi) is 3.08. The van der Waals surface area contributed by atoms with E-state index in [0.29, 0.717) is 6.04 Å². The number of rotatable bonds is 2. The van der Waals surface area contributed by atoms with Crippen LogP contribution < -0.4 is 0 Å². The number of aliphatic hydroxyl groups excluding tert-OH is 1. The summed E-state index contributed by atoms with van der Waals surface area (Å²) >= 11 is 0. The Morgan fingerprint density at radius 1 is 1.40 bits per heavy atom. The lowest BCUT2D eigenvalue weighted by atomic mass is 9.92. The van der Waals surface area contributed by atoms with Crippen molar-refractivity contribution in [1.29, 1.82) is 0 Å². The van der Waals surface area contributed by atoms with E-state index in [1.54, 1.807) is 0 Å². The van der Waals surface area contributed by atoms with Crippen molar-refractivity contribution in [1.82, 2.24) is 4.90 Å². The molecule has 15 heavy (non-hydrogen) atoms. The van der Waals surface area contributed by atoms with E-state index in [9.17, 15) is 5.11 Å². The summed E-state index contributed by atoms with van der Waals surface area (Å²) in [6.45, 7) is 3.40. The lowest BCUT2D eigenvalue weighted by Gasteiger charge is -2.33. The maximum absolute atomic E-state index is 9.27. The molecule has 0 fully saturated rings. The third kappa shape index (κ3) is 2.06. The molecule has 2 heteroatoms. The molecule has 1 aromatic carbocycles. The number of benzene rings is 1. The third-order valence-electron chi connectivity index (χ3n) is 3.39. The minimum atomic E-state index is 0.256. The zero-order valence-corrected chi connectivity index (χ0v) is 9.53. The van der Waals surface area contributed by atoms with Gasteiger partial charge in [0.25, 0.3) is 0 Å². The largest absolute Gasteiger partial charge is 0.395 e. The highest BCUT2D eigenvalue weighted by Gasteiger charge is 2.22. The second-order valence-electron chi connectivity index (χ2n) is 4.41. The maximum Gasteiger partial charge on any atom is 0.0590 e. The van der Waals surface area contributed by atoms with Crippen molar-refractivity contribution in [2.75, 3.05) is 13.7 Å². The molecule has 1 unspecified atom stereocenters. The number of hydrogen-bond acceptors (Lipinski definition) is 2. The van der Waals surface area contributed by atoms with Gasteiger partial charge in [-0.3, -0.25) is 4.90 Å². The molecule has 0 aliphatic carbocycles. The highest BCUT2D eigenvalue weighted by atomic mass is 16.3. The van der Waals surface area contributed by atoms with Crippen molar-refractivity contribution < 1.29 is 5.11 Å². The van der Waals surface area contributed by atoms with Gasteiger partial charge in [-0.2, -0.15) is 0 Å². The summed E-state index contributed by atoms with van der Waals surface area (Å²) in [4.78, 5) is 2.23. The fraction of sp³-hybridized carbons (Fsp3) is 0.538. The van der Waals surface area contributed by atoms with Gasteiger partial charge in [0.15, 0.2) is 0 Å². The van der Waals surface area contributed by atoms with Crippen LogP contribution in [0.4, 0.5) is 0 Å². The molecule has 82 valence electrons. The van der Waals surface area contributed by atoms with Gasteiger partial charge in [-0.05, 0) is 36.6 Å². The molecular weight excluding hydrogens is 186 g/mol. The molecule has 0 spiro atoms. The molecule has 0 amide bonds. The zero-order chi connectivity index (χ0) is 10.8. The Bertz CT molecular complexity index is 348. The fourth-order valence-electron chi connectivity index (χ4n) is 2.25. The van der Waals surface area contributed by atoms with E-state index in [1.165, 1.54) is 16.7 Å². The van der Waals surface area contributed by atoms with Crippen LogP contribution in [0.3, 0.4) is 0 Å². The molecule has 0 bridgehead atoms. The van der Waals surface area contributed by atoms with Gasteiger partial charge in [0.05, 0.1) is 6.61 Å². The Labute approximate surface area is 91.5 Å². The number of hydrogen-bond donors (Lipinski definition) is 1. The van der Waals surface area contributed by atoms with Crippen molar-refractivity contribution in [3.63, 3.8) is 0 Å². The van der Waals surface area contributed by atoms with Crippen molar-refractivity contribution in [2.24, 2.45) is 0 Å². The van der Waals surface area contributed by atoms with Gasteiger partial charge in [-0.25, -0.2) is 0 Å². The molecule has 1 aliphatic heterocycles. The predicted octanol–water partition coefficient (Wildman–Crippen LogP) is 1.60. The monoisotopic (exact) mass is 205 g/mol. The van der Waals surface area contributed by atoms with Crippen LogP contribution in [-0.2, 0) is 19.4 Å². The van der Waals surface area contributed by atoms with Crippen LogP contribution in [0.25, 0.3) is 0 Å². The normalized spacial score (nSPS) is 21.4. The number of aliphatic hydroxyl groups is 1. The second kappa shape index (κ2) is 4.33. The third-order valence-corrected chi connectivity index (χ3v) is 3.39. The first-order chi connectivity index (χ1) is 7.24. The SMILES string of the molecule is CCc1ccc2c(c1)CC(CO)N(C)C2. The van der Waals surface area contributed by atoms with Crippen LogP contribution in [0.15, 0.2) is 18.2 Å². The summed E-state index contributed by atoms with van der Waals surface area (Å²) in [5, 5.41) is 9.27. The van der Waals surface area contributed by atoms with Crippen molar-refractivity contribution in [3.8, 4) is 0 Å².